The van der Waals surface area contributed by atoms with E-state index in [0.717, 1.165) is 17.7 Å². The van der Waals surface area contributed by atoms with Crippen molar-refractivity contribution in [1.82, 2.24) is 5.32 Å². The van der Waals surface area contributed by atoms with Gasteiger partial charge in [-0.2, -0.15) is 0 Å². The maximum Gasteiger partial charge on any atom is 0.251 e. The topological polar surface area (TPSA) is 81.3 Å². The monoisotopic (exact) mass is 375 g/mol. The summed E-state index contributed by atoms with van der Waals surface area (Å²) < 4.78 is 0. The number of aryl methyl sites for hydroxylation is 1. The molecule has 2 aliphatic rings. The molecule has 5 heteroatoms. The van der Waals surface area contributed by atoms with Crippen LogP contribution in [0.4, 0.5) is 5.69 Å². The Bertz CT molecular complexity index is 951. The maximum absolute atomic E-state index is 12.4. The number of carboxylic acids is 1. The molecule has 0 spiro atoms. The summed E-state index contributed by atoms with van der Waals surface area (Å²) in [5.74, 6) is -0.761. The maximum atomic E-state index is 12.4. The lowest BCUT2D eigenvalue weighted by Gasteiger charge is -2.37. The van der Waals surface area contributed by atoms with Crippen LogP contribution in [0.1, 0.15) is 51.8 Å². The molecule has 0 saturated carbocycles. The molecular formula is C23H23N2O3-. The number of anilines is 1. The molecule has 2 aromatic rings. The van der Waals surface area contributed by atoms with E-state index in [4.69, 9.17) is 0 Å². The fraction of sp³-hybridized carbons (Fsp3) is 0.304. The van der Waals surface area contributed by atoms with Gasteiger partial charge in [0.1, 0.15) is 0 Å². The molecule has 1 amide bonds. The molecule has 0 saturated heterocycles. The van der Waals surface area contributed by atoms with Gasteiger partial charge in [0.25, 0.3) is 5.91 Å². The van der Waals surface area contributed by atoms with Crippen LogP contribution in [-0.2, 0) is 4.79 Å². The van der Waals surface area contributed by atoms with Gasteiger partial charge in [-0.05, 0) is 48.6 Å². The standard InChI is InChI=1S/C23H24N2O3/c1-14-4-2-5-15(12-14)22-18-7-3-6-17(18)19-13-16(8-9-20(19)25-22)23(28)24-11-10-21(26)27/h2-6,8-9,12-13,17-18,22,25H,7,10-11H2,1H3,(H,24,28)(H,26,27)/p-1/t17-,18+,22-/m0/s1. The van der Waals surface area contributed by atoms with E-state index >= 15 is 0 Å². The predicted molar refractivity (Wildman–Crippen MR) is 106 cm³/mol. The number of allylic oxidation sites excluding steroid dienone is 2. The third-order valence-electron chi connectivity index (χ3n) is 5.64. The quantitative estimate of drug-likeness (QED) is 0.788. The number of nitrogens with one attached hydrogen (secondary N) is 2. The van der Waals surface area contributed by atoms with E-state index in [1.54, 1.807) is 6.07 Å². The van der Waals surface area contributed by atoms with Crippen LogP contribution in [0, 0.1) is 12.8 Å². The number of hydrogen-bond donors (Lipinski definition) is 2. The Morgan fingerprint density at radius 2 is 2.07 bits per heavy atom. The molecule has 0 unspecified atom stereocenters. The molecule has 0 bridgehead atoms. The summed E-state index contributed by atoms with van der Waals surface area (Å²) >= 11 is 0. The molecule has 5 nitrogen and oxygen atoms in total. The van der Waals surface area contributed by atoms with Crippen LogP contribution in [0.2, 0.25) is 0 Å². The second-order valence-electron chi connectivity index (χ2n) is 7.57. The first-order chi connectivity index (χ1) is 13.5. The highest BCUT2D eigenvalue weighted by Crippen LogP contribution is 2.49. The largest absolute Gasteiger partial charge is 0.550 e. The highest BCUT2D eigenvalue weighted by molar-refractivity contribution is 5.95. The Hall–Kier alpha value is -3.08. The number of carboxylic acid groups (broad SMARTS) is 1. The molecular weight excluding hydrogens is 352 g/mol. The molecule has 0 fully saturated rings. The Labute approximate surface area is 164 Å². The second-order valence-corrected chi connectivity index (χ2v) is 7.57. The van der Waals surface area contributed by atoms with Gasteiger partial charge in [0.15, 0.2) is 0 Å². The van der Waals surface area contributed by atoms with E-state index in [1.165, 1.54) is 11.1 Å². The van der Waals surface area contributed by atoms with Crippen LogP contribution in [-0.4, -0.2) is 18.4 Å². The molecule has 1 aliphatic carbocycles. The van der Waals surface area contributed by atoms with Gasteiger partial charge in [-0.25, -0.2) is 0 Å². The Balaban J connectivity index is 1.60. The average molecular weight is 375 g/mol. The van der Waals surface area contributed by atoms with Crippen molar-refractivity contribution in [1.29, 1.82) is 0 Å². The smallest absolute Gasteiger partial charge is 0.251 e. The number of hydrogen-bond acceptors (Lipinski definition) is 4. The first-order valence-electron chi connectivity index (χ1n) is 9.64. The van der Waals surface area contributed by atoms with E-state index in [2.05, 4.69) is 54.0 Å². The fourth-order valence-corrected chi connectivity index (χ4v) is 4.31. The summed E-state index contributed by atoms with van der Waals surface area (Å²) in [5.41, 5.74) is 5.25. The summed E-state index contributed by atoms with van der Waals surface area (Å²) in [6, 6.07) is 14.5. The normalized spacial score (nSPS) is 22.1. The number of aliphatic carboxylic acids is 1. The van der Waals surface area contributed by atoms with Gasteiger partial charge in [-0.15, -0.1) is 0 Å². The summed E-state index contributed by atoms with van der Waals surface area (Å²) in [4.78, 5) is 22.9. The van der Waals surface area contributed by atoms with E-state index in [9.17, 15) is 14.7 Å². The predicted octanol–water partition coefficient (Wildman–Crippen LogP) is 2.69. The number of benzene rings is 2. The fourth-order valence-electron chi connectivity index (χ4n) is 4.31. The van der Waals surface area contributed by atoms with Crippen LogP contribution < -0.4 is 15.7 Å². The molecule has 4 rings (SSSR count). The second kappa shape index (κ2) is 7.50. The van der Waals surface area contributed by atoms with Crippen LogP contribution >= 0.6 is 0 Å². The summed E-state index contributed by atoms with van der Waals surface area (Å²) in [6.07, 6.45) is 5.27. The van der Waals surface area contributed by atoms with Crippen molar-refractivity contribution in [3.05, 3.63) is 76.9 Å². The van der Waals surface area contributed by atoms with Crippen molar-refractivity contribution < 1.29 is 14.7 Å². The highest BCUT2D eigenvalue weighted by atomic mass is 16.4. The minimum absolute atomic E-state index is 0.0674. The van der Waals surface area contributed by atoms with Crippen molar-refractivity contribution >= 4 is 17.6 Å². The van der Waals surface area contributed by atoms with Crippen molar-refractivity contribution in [3.63, 3.8) is 0 Å². The zero-order valence-electron chi connectivity index (χ0n) is 15.8. The molecule has 0 aromatic heterocycles. The molecule has 0 radical (unpaired) electrons. The van der Waals surface area contributed by atoms with Crippen molar-refractivity contribution in [3.8, 4) is 0 Å². The van der Waals surface area contributed by atoms with Gasteiger partial charge in [-0.1, -0.05) is 42.0 Å². The lowest BCUT2D eigenvalue weighted by molar-refractivity contribution is -0.305. The van der Waals surface area contributed by atoms with E-state index < -0.39 is 5.97 Å². The van der Waals surface area contributed by atoms with Crippen molar-refractivity contribution in [2.45, 2.75) is 31.7 Å². The Kier molecular flexibility index (Phi) is 4.90. The summed E-state index contributed by atoms with van der Waals surface area (Å²) in [6.45, 7) is 2.17. The van der Waals surface area contributed by atoms with Crippen molar-refractivity contribution in [2.24, 2.45) is 5.92 Å². The minimum atomic E-state index is -1.17. The molecule has 1 aliphatic heterocycles. The van der Waals surface area contributed by atoms with Gasteiger partial charge in [0.05, 0.1) is 6.04 Å². The first-order valence-corrected chi connectivity index (χ1v) is 9.64. The molecule has 3 atom stereocenters. The molecule has 2 N–H and O–H groups in total. The first kappa shape index (κ1) is 18.3. The lowest BCUT2D eigenvalue weighted by atomic mass is 9.76. The number of carbonyl (C=O) groups is 2. The van der Waals surface area contributed by atoms with Crippen molar-refractivity contribution in [2.75, 3.05) is 11.9 Å². The van der Waals surface area contributed by atoms with Crippen LogP contribution in [0.3, 0.4) is 0 Å². The van der Waals surface area contributed by atoms with Gasteiger partial charge < -0.3 is 20.5 Å². The SMILES string of the molecule is Cc1cccc([C@@H]2Nc3ccc(C(=O)NCCC(=O)[O-])cc3[C@H]3C=CC[C@H]32)c1. The van der Waals surface area contributed by atoms with Gasteiger partial charge in [-0.3, -0.25) is 4.79 Å². The van der Waals surface area contributed by atoms with Gasteiger partial charge >= 0.3 is 0 Å². The number of rotatable bonds is 5. The van der Waals surface area contributed by atoms with E-state index in [0.29, 0.717) is 11.5 Å². The van der Waals surface area contributed by atoms with Gasteiger partial charge in [0.2, 0.25) is 0 Å². The van der Waals surface area contributed by atoms with E-state index in [1.807, 2.05) is 12.1 Å². The van der Waals surface area contributed by atoms with Gasteiger partial charge in [0, 0.05) is 36.1 Å². The molecule has 1 heterocycles. The van der Waals surface area contributed by atoms with Crippen LogP contribution in [0.5, 0.6) is 0 Å². The molecule has 2 aromatic carbocycles. The average Bonchev–Trinajstić information content (AvgIpc) is 3.16. The zero-order chi connectivity index (χ0) is 19.7. The van der Waals surface area contributed by atoms with Crippen LogP contribution in [0.15, 0.2) is 54.6 Å². The molecule has 28 heavy (non-hydrogen) atoms. The summed E-state index contributed by atoms with van der Waals surface area (Å²) in [7, 11) is 0. The Morgan fingerprint density at radius 3 is 2.86 bits per heavy atom. The number of fused-ring (bicyclic) bond motifs is 3. The lowest BCUT2D eigenvalue weighted by Crippen LogP contribution is -2.32. The zero-order valence-corrected chi connectivity index (χ0v) is 15.8. The molecule has 144 valence electrons. The van der Waals surface area contributed by atoms with Crippen LogP contribution in [0.25, 0.3) is 0 Å². The summed E-state index contributed by atoms with van der Waals surface area (Å²) in [5, 5.41) is 16.8. The number of carbonyl (C=O) groups excluding carboxylic acids is 2. The Morgan fingerprint density at radius 1 is 1.21 bits per heavy atom. The highest BCUT2D eigenvalue weighted by Gasteiger charge is 2.38. The number of amides is 1. The third kappa shape index (κ3) is 3.52. The van der Waals surface area contributed by atoms with E-state index in [-0.39, 0.29) is 30.8 Å². The minimum Gasteiger partial charge on any atom is -0.550 e. The third-order valence-corrected chi connectivity index (χ3v) is 5.64.